The number of hydrogen-bond acceptors (Lipinski definition) is 4. The van der Waals surface area contributed by atoms with Crippen molar-refractivity contribution in [3.05, 3.63) is 0 Å². The molecule has 0 saturated heterocycles. The Labute approximate surface area is 250 Å². The first-order chi connectivity index (χ1) is 19.3. The molecular formula is C35H70NO4+. The van der Waals surface area contributed by atoms with Gasteiger partial charge in [-0.3, -0.25) is 9.59 Å². The SMILES string of the molecule is CCCCCCCCCCCCCCC(=O)O[C@@H](CC(=O)OCCCCCCCCCCCCC)C[N+](C)(C)C. The normalized spacial score (nSPS) is 12.4. The van der Waals surface area contributed by atoms with Gasteiger partial charge in [-0.15, -0.1) is 0 Å². The van der Waals surface area contributed by atoms with Crippen LogP contribution >= 0.6 is 0 Å². The van der Waals surface area contributed by atoms with Crippen LogP contribution in [0.4, 0.5) is 0 Å². The fourth-order valence-electron chi connectivity index (χ4n) is 5.31. The lowest BCUT2D eigenvalue weighted by Gasteiger charge is -2.28. The topological polar surface area (TPSA) is 52.6 Å². The molecule has 5 nitrogen and oxygen atoms in total. The van der Waals surface area contributed by atoms with Gasteiger partial charge in [0.2, 0.25) is 0 Å². The molecule has 0 amide bonds. The van der Waals surface area contributed by atoms with Gasteiger partial charge in [-0.25, -0.2) is 0 Å². The van der Waals surface area contributed by atoms with Crippen molar-refractivity contribution in [1.82, 2.24) is 0 Å². The molecule has 5 heteroatoms. The molecule has 0 aromatic rings. The fraction of sp³-hybridized carbons (Fsp3) is 0.943. The molecule has 0 aromatic heterocycles. The Morgan fingerprint density at radius 2 is 0.900 bits per heavy atom. The Morgan fingerprint density at radius 3 is 1.30 bits per heavy atom. The lowest BCUT2D eigenvalue weighted by atomic mass is 10.0. The van der Waals surface area contributed by atoms with Gasteiger partial charge in [0.05, 0.1) is 34.2 Å². The summed E-state index contributed by atoms with van der Waals surface area (Å²) in [5, 5.41) is 0. The van der Waals surface area contributed by atoms with Gasteiger partial charge in [-0.05, 0) is 12.8 Å². The van der Waals surface area contributed by atoms with Crippen molar-refractivity contribution in [3.8, 4) is 0 Å². The molecule has 0 spiro atoms. The number of esters is 2. The van der Waals surface area contributed by atoms with E-state index < -0.39 is 6.10 Å². The number of ether oxygens (including phenoxy) is 2. The molecule has 238 valence electrons. The van der Waals surface area contributed by atoms with Crippen LogP contribution in [0.5, 0.6) is 0 Å². The highest BCUT2D eigenvalue weighted by Gasteiger charge is 2.25. The summed E-state index contributed by atoms with van der Waals surface area (Å²) in [6.45, 7) is 5.61. The highest BCUT2D eigenvalue weighted by Crippen LogP contribution is 2.15. The maximum atomic E-state index is 12.5. The molecule has 0 aromatic carbocycles. The minimum Gasteiger partial charge on any atom is -0.466 e. The minimum absolute atomic E-state index is 0.151. The zero-order valence-electron chi connectivity index (χ0n) is 27.7. The number of carbonyl (C=O) groups excluding carboxylic acids is 2. The Kier molecular flexibility index (Phi) is 27.3. The van der Waals surface area contributed by atoms with Gasteiger partial charge in [0, 0.05) is 6.42 Å². The number of unbranched alkanes of at least 4 members (excludes halogenated alkanes) is 21. The molecule has 0 fully saturated rings. The first-order valence-corrected chi connectivity index (χ1v) is 17.4. The van der Waals surface area contributed by atoms with Gasteiger partial charge < -0.3 is 14.0 Å². The number of carbonyl (C=O) groups is 2. The average molecular weight is 569 g/mol. The average Bonchev–Trinajstić information content (AvgIpc) is 2.89. The van der Waals surface area contributed by atoms with Crippen LogP contribution in [0.25, 0.3) is 0 Å². The first-order valence-electron chi connectivity index (χ1n) is 17.4. The minimum atomic E-state index is -0.422. The van der Waals surface area contributed by atoms with E-state index in [4.69, 9.17) is 9.47 Å². The lowest BCUT2D eigenvalue weighted by molar-refractivity contribution is -0.873. The highest BCUT2D eigenvalue weighted by atomic mass is 16.6. The van der Waals surface area contributed by atoms with Crippen LogP contribution in [0.2, 0.25) is 0 Å². The number of quaternary nitrogens is 1. The zero-order valence-corrected chi connectivity index (χ0v) is 27.7. The maximum absolute atomic E-state index is 12.5. The maximum Gasteiger partial charge on any atom is 0.309 e. The summed E-state index contributed by atoms with van der Waals surface area (Å²) in [5.41, 5.74) is 0. The fourth-order valence-corrected chi connectivity index (χ4v) is 5.31. The predicted molar refractivity (Wildman–Crippen MR) is 171 cm³/mol. The summed E-state index contributed by atoms with van der Waals surface area (Å²) in [4.78, 5) is 24.9. The van der Waals surface area contributed by atoms with Gasteiger partial charge in [0.1, 0.15) is 6.54 Å². The van der Waals surface area contributed by atoms with E-state index in [0.29, 0.717) is 24.1 Å². The quantitative estimate of drug-likeness (QED) is 0.0491. The van der Waals surface area contributed by atoms with Gasteiger partial charge in [-0.2, -0.15) is 0 Å². The Morgan fingerprint density at radius 1 is 0.525 bits per heavy atom. The summed E-state index contributed by atoms with van der Waals surface area (Å²) in [7, 11) is 6.17. The van der Waals surface area contributed by atoms with E-state index in [1.165, 1.54) is 122 Å². The van der Waals surface area contributed by atoms with E-state index in [-0.39, 0.29) is 18.4 Å². The van der Waals surface area contributed by atoms with Crippen LogP contribution in [0.3, 0.4) is 0 Å². The van der Waals surface area contributed by atoms with E-state index in [1.807, 2.05) is 0 Å². The van der Waals surface area contributed by atoms with Crippen molar-refractivity contribution in [2.75, 3.05) is 34.3 Å². The van der Waals surface area contributed by atoms with E-state index in [1.54, 1.807) is 0 Å². The number of rotatable bonds is 30. The highest BCUT2D eigenvalue weighted by molar-refractivity contribution is 5.72. The molecule has 1 atom stereocenters. The standard InChI is InChI=1S/C35H70NO4/c1-6-8-10-12-14-16-18-19-21-23-25-27-29-34(37)40-33(32-36(3,4)5)31-35(38)39-30-28-26-24-22-20-17-15-13-11-9-7-2/h33H,6-32H2,1-5H3/q+1/t33-/m0/s1. The number of likely N-dealkylation sites (N-methyl/N-ethyl adjacent to an activating group) is 1. The van der Waals surface area contributed by atoms with Crippen LogP contribution in [0.15, 0.2) is 0 Å². The number of hydrogen-bond donors (Lipinski definition) is 0. The van der Waals surface area contributed by atoms with E-state index in [2.05, 4.69) is 35.0 Å². The monoisotopic (exact) mass is 569 g/mol. The molecule has 0 N–H and O–H groups in total. The molecule has 0 aliphatic carbocycles. The van der Waals surface area contributed by atoms with Crippen LogP contribution in [0, 0.1) is 0 Å². The third-order valence-electron chi connectivity index (χ3n) is 7.69. The second-order valence-corrected chi connectivity index (χ2v) is 13.2. The summed E-state index contributed by atoms with van der Waals surface area (Å²) in [6, 6.07) is 0. The molecular weight excluding hydrogens is 498 g/mol. The predicted octanol–water partition coefficient (Wildman–Crippen LogP) is 9.94. The van der Waals surface area contributed by atoms with Gasteiger partial charge in [-0.1, -0.05) is 149 Å². The molecule has 0 aliphatic rings. The zero-order chi connectivity index (χ0) is 29.7. The molecule has 0 heterocycles. The molecule has 0 saturated carbocycles. The van der Waals surface area contributed by atoms with Crippen molar-refractivity contribution >= 4 is 11.9 Å². The van der Waals surface area contributed by atoms with Crippen LogP contribution in [-0.2, 0) is 19.1 Å². The second-order valence-electron chi connectivity index (χ2n) is 13.2. The molecule has 0 bridgehead atoms. The van der Waals surface area contributed by atoms with Crippen molar-refractivity contribution in [2.24, 2.45) is 0 Å². The summed E-state index contributed by atoms with van der Waals surface area (Å²) < 4.78 is 11.9. The Bertz CT molecular complexity index is 530. The van der Waals surface area contributed by atoms with Crippen molar-refractivity contribution in [1.29, 1.82) is 0 Å². The third kappa shape index (κ3) is 29.9. The van der Waals surface area contributed by atoms with Gasteiger partial charge in [0.25, 0.3) is 0 Å². The van der Waals surface area contributed by atoms with Crippen molar-refractivity contribution in [3.63, 3.8) is 0 Å². The van der Waals surface area contributed by atoms with Gasteiger partial charge in [0.15, 0.2) is 6.10 Å². The van der Waals surface area contributed by atoms with Crippen LogP contribution < -0.4 is 0 Å². The Balaban J connectivity index is 3.92. The van der Waals surface area contributed by atoms with Crippen LogP contribution in [-0.4, -0.2) is 56.8 Å². The summed E-state index contributed by atoms with van der Waals surface area (Å²) in [6.07, 6.45) is 29.5. The molecule has 0 radical (unpaired) electrons. The van der Waals surface area contributed by atoms with E-state index >= 15 is 0 Å². The van der Waals surface area contributed by atoms with E-state index in [0.717, 1.165) is 25.7 Å². The number of nitrogens with zero attached hydrogens (tertiary/aromatic N) is 1. The third-order valence-corrected chi connectivity index (χ3v) is 7.69. The van der Waals surface area contributed by atoms with Crippen molar-refractivity contribution < 1.29 is 23.5 Å². The molecule has 0 aliphatic heterocycles. The van der Waals surface area contributed by atoms with Gasteiger partial charge >= 0.3 is 11.9 Å². The Hall–Kier alpha value is -1.10. The van der Waals surface area contributed by atoms with Crippen LogP contribution in [0.1, 0.15) is 174 Å². The largest absolute Gasteiger partial charge is 0.466 e. The summed E-state index contributed by atoms with van der Waals surface area (Å²) >= 11 is 0. The van der Waals surface area contributed by atoms with E-state index in [9.17, 15) is 9.59 Å². The molecule has 0 rings (SSSR count). The lowest BCUT2D eigenvalue weighted by Crippen LogP contribution is -2.44. The first kappa shape index (κ1) is 38.9. The smallest absolute Gasteiger partial charge is 0.309 e. The van der Waals surface area contributed by atoms with Crippen molar-refractivity contribution in [2.45, 2.75) is 180 Å². The second kappa shape index (κ2) is 28.0. The molecule has 40 heavy (non-hydrogen) atoms. The summed E-state index contributed by atoms with van der Waals surface area (Å²) in [5.74, 6) is -0.424. The molecule has 0 unspecified atom stereocenters.